The number of thioether (sulfide) groups is 2. The molecule has 18 atom stereocenters. The van der Waals surface area contributed by atoms with Gasteiger partial charge in [0, 0.05) is 24.2 Å². The van der Waals surface area contributed by atoms with Crippen LogP contribution in [0.3, 0.4) is 0 Å². The van der Waals surface area contributed by atoms with Crippen molar-refractivity contribution >= 4 is 23.5 Å². The van der Waals surface area contributed by atoms with Crippen LogP contribution in [0.15, 0.2) is 0 Å². The first-order valence-electron chi connectivity index (χ1n) is 26.6. The Balaban J connectivity index is 0.889. The van der Waals surface area contributed by atoms with E-state index in [1.807, 2.05) is 0 Å². The standard InChI is InChI=1S/C52H84N2S2/c1-5-15-39-35(11-1)31-36-12-2-6-16-40(36)51(39)53(47-19-9-29-55-47)45-27-23-33-22-26-44-46(28-24-34-21-25-43(45)49(33)50(34)44)54(48-20-10-30-56-48)52-41-17-7-3-13-37(41)32-38-14-4-8-18-42(38)52/h33-52H,1-32H2. The van der Waals surface area contributed by atoms with E-state index in [4.69, 9.17) is 0 Å². The third-order valence-electron chi connectivity index (χ3n) is 21.7. The van der Waals surface area contributed by atoms with E-state index < -0.39 is 0 Å². The van der Waals surface area contributed by atoms with Crippen LogP contribution in [0.4, 0.5) is 0 Å². The molecule has 0 aromatic rings. The normalized spacial score (nSPS) is 54.1. The Labute approximate surface area is 353 Å². The molecule has 10 saturated carbocycles. The first-order valence-corrected chi connectivity index (χ1v) is 28.7. The molecule has 12 rings (SSSR count). The van der Waals surface area contributed by atoms with Gasteiger partial charge in [-0.05, 0) is 210 Å². The van der Waals surface area contributed by atoms with Crippen LogP contribution in [-0.4, -0.2) is 56.2 Å². The second-order valence-corrected chi connectivity index (χ2v) is 26.1. The van der Waals surface area contributed by atoms with Crippen molar-refractivity contribution in [3.8, 4) is 0 Å². The van der Waals surface area contributed by atoms with E-state index in [0.717, 1.165) is 118 Å². The van der Waals surface area contributed by atoms with Crippen molar-refractivity contribution < 1.29 is 0 Å². The molecule has 0 aromatic heterocycles. The Morgan fingerprint density at radius 2 is 0.643 bits per heavy atom. The number of hydrogen-bond acceptors (Lipinski definition) is 4. The Bertz CT molecular complexity index is 1200. The highest BCUT2D eigenvalue weighted by molar-refractivity contribution is 8.00. The third kappa shape index (κ3) is 6.57. The molecule has 314 valence electrons. The molecular formula is C52H84N2S2. The van der Waals surface area contributed by atoms with Gasteiger partial charge in [-0.2, -0.15) is 0 Å². The second-order valence-electron chi connectivity index (χ2n) is 23.6. The lowest BCUT2D eigenvalue weighted by Gasteiger charge is -2.66. The molecule has 2 aliphatic heterocycles. The lowest BCUT2D eigenvalue weighted by molar-refractivity contribution is -0.161. The van der Waals surface area contributed by atoms with Gasteiger partial charge in [-0.1, -0.05) is 77.0 Å². The van der Waals surface area contributed by atoms with Crippen molar-refractivity contribution in [2.75, 3.05) is 11.5 Å². The van der Waals surface area contributed by atoms with E-state index in [0.29, 0.717) is 0 Å². The molecule has 12 fully saturated rings. The number of fused-ring (bicyclic) bond motifs is 4. The Hall–Kier alpha value is 0.620. The predicted octanol–water partition coefficient (Wildman–Crippen LogP) is 13.7. The summed E-state index contributed by atoms with van der Waals surface area (Å²) in [5, 5.41) is 1.71. The summed E-state index contributed by atoms with van der Waals surface area (Å²) in [5.41, 5.74) is 0. The lowest BCUT2D eigenvalue weighted by atomic mass is 9.46. The van der Waals surface area contributed by atoms with Crippen LogP contribution in [-0.2, 0) is 0 Å². The molecule has 12 aliphatic rings. The maximum Gasteiger partial charge on any atom is 0.0563 e. The van der Waals surface area contributed by atoms with E-state index in [9.17, 15) is 0 Å². The van der Waals surface area contributed by atoms with Gasteiger partial charge in [-0.25, -0.2) is 0 Å². The molecular weight excluding hydrogens is 717 g/mol. The molecule has 2 saturated heterocycles. The monoisotopic (exact) mass is 801 g/mol. The van der Waals surface area contributed by atoms with Gasteiger partial charge in [0.1, 0.15) is 0 Å². The van der Waals surface area contributed by atoms with Gasteiger partial charge in [-0.15, -0.1) is 23.5 Å². The first kappa shape index (κ1) is 38.3. The van der Waals surface area contributed by atoms with Crippen molar-refractivity contribution in [1.82, 2.24) is 9.80 Å². The van der Waals surface area contributed by atoms with Gasteiger partial charge in [0.25, 0.3) is 0 Å². The predicted molar refractivity (Wildman–Crippen MR) is 239 cm³/mol. The Kier molecular flexibility index (Phi) is 11.2. The molecule has 0 radical (unpaired) electrons. The fourth-order valence-corrected chi connectivity index (χ4v) is 22.9. The summed E-state index contributed by atoms with van der Waals surface area (Å²) in [6, 6.07) is 3.73. The van der Waals surface area contributed by atoms with Crippen molar-refractivity contribution in [1.29, 1.82) is 0 Å². The summed E-state index contributed by atoms with van der Waals surface area (Å²) in [6.07, 6.45) is 47.2. The lowest BCUT2D eigenvalue weighted by Crippen LogP contribution is -2.67. The van der Waals surface area contributed by atoms with E-state index in [-0.39, 0.29) is 0 Å². The summed E-state index contributed by atoms with van der Waals surface area (Å²) < 4.78 is 0. The number of nitrogens with zero attached hydrogens (tertiary/aromatic N) is 2. The summed E-state index contributed by atoms with van der Waals surface area (Å²) >= 11 is 4.93. The van der Waals surface area contributed by atoms with E-state index in [2.05, 4.69) is 33.3 Å². The largest absolute Gasteiger partial charge is 0.285 e. The highest BCUT2D eigenvalue weighted by Gasteiger charge is 2.61. The fourth-order valence-electron chi connectivity index (χ4n) is 20.0. The molecule has 4 heteroatoms. The van der Waals surface area contributed by atoms with Crippen molar-refractivity contribution in [2.24, 2.45) is 82.9 Å². The molecule has 0 N–H and O–H groups in total. The van der Waals surface area contributed by atoms with Gasteiger partial charge in [0.2, 0.25) is 0 Å². The highest BCUT2D eigenvalue weighted by Crippen LogP contribution is 2.64. The summed E-state index contributed by atoms with van der Waals surface area (Å²) in [4.78, 5) is 7.09. The molecule has 0 aromatic carbocycles. The van der Waals surface area contributed by atoms with Crippen LogP contribution >= 0.6 is 23.5 Å². The van der Waals surface area contributed by atoms with Crippen LogP contribution in [0.1, 0.15) is 193 Å². The molecule has 0 amide bonds. The molecule has 0 bridgehead atoms. The quantitative estimate of drug-likeness (QED) is 0.264. The average molecular weight is 801 g/mol. The minimum atomic E-state index is 0.856. The van der Waals surface area contributed by atoms with Gasteiger partial charge < -0.3 is 0 Å². The van der Waals surface area contributed by atoms with Crippen LogP contribution in [0.2, 0.25) is 0 Å². The molecule has 0 spiro atoms. The van der Waals surface area contributed by atoms with E-state index in [1.165, 1.54) is 37.2 Å². The van der Waals surface area contributed by atoms with Crippen molar-refractivity contribution in [2.45, 2.75) is 228 Å². The van der Waals surface area contributed by atoms with Crippen LogP contribution in [0.5, 0.6) is 0 Å². The second kappa shape index (κ2) is 16.4. The zero-order valence-corrected chi connectivity index (χ0v) is 37.5. The van der Waals surface area contributed by atoms with Crippen LogP contribution in [0, 0.1) is 82.9 Å². The summed E-state index contributed by atoms with van der Waals surface area (Å²) in [5.74, 6) is 17.7. The molecule has 2 heterocycles. The number of rotatable bonds is 6. The van der Waals surface area contributed by atoms with Gasteiger partial charge in [0.05, 0.1) is 10.7 Å². The topological polar surface area (TPSA) is 6.48 Å². The highest BCUT2D eigenvalue weighted by atomic mass is 32.2. The smallest absolute Gasteiger partial charge is 0.0563 e. The molecule has 2 nitrogen and oxygen atoms in total. The summed E-state index contributed by atoms with van der Waals surface area (Å²) in [6.45, 7) is 0. The molecule has 18 unspecified atom stereocenters. The first-order chi connectivity index (χ1) is 27.8. The minimum absolute atomic E-state index is 0.856. The average Bonchev–Trinajstić information content (AvgIpc) is 3.99. The fraction of sp³-hybridized carbons (Fsp3) is 1.00. The van der Waals surface area contributed by atoms with Crippen LogP contribution < -0.4 is 0 Å². The van der Waals surface area contributed by atoms with Gasteiger partial charge in [-0.3, -0.25) is 9.80 Å². The van der Waals surface area contributed by atoms with Gasteiger partial charge in [0.15, 0.2) is 0 Å². The maximum absolute atomic E-state index is 3.55. The van der Waals surface area contributed by atoms with E-state index in [1.54, 1.807) is 167 Å². The Morgan fingerprint density at radius 3 is 1.00 bits per heavy atom. The van der Waals surface area contributed by atoms with E-state index >= 15 is 0 Å². The van der Waals surface area contributed by atoms with Crippen LogP contribution in [0.25, 0.3) is 0 Å². The minimum Gasteiger partial charge on any atom is -0.285 e. The summed E-state index contributed by atoms with van der Waals surface area (Å²) in [7, 11) is 0. The number of hydrogen-bond donors (Lipinski definition) is 0. The van der Waals surface area contributed by atoms with Crippen molar-refractivity contribution in [3.05, 3.63) is 0 Å². The maximum atomic E-state index is 3.55. The molecule has 10 aliphatic carbocycles. The molecule has 56 heavy (non-hydrogen) atoms. The SMILES string of the molecule is C1CCC2C(C1)CC1CCCCC1C2N(C1CCCS1)C1CCC2CCC3C4C(CCC1C24)CCC3N(C1CCCS1)C1C2CCCCC2CC2CCCCC21. The Morgan fingerprint density at radius 1 is 0.286 bits per heavy atom. The van der Waals surface area contributed by atoms with Gasteiger partial charge >= 0.3 is 0 Å². The third-order valence-corrected chi connectivity index (χ3v) is 24.5. The zero-order chi connectivity index (χ0) is 36.7. The zero-order valence-electron chi connectivity index (χ0n) is 35.9. The van der Waals surface area contributed by atoms with Crippen molar-refractivity contribution in [3.63, 3.8) is 0 Å².